The lowest BCUT2D eigenvalue weighted by Gasteiger charge is -2.35. The quantitative estimate of drug-likeness (QED) is 0.931. The molecule has 0 aromatic heterocycles. The van der Waals surface area contributed by atoms with Gasteiger partial charge < -0.3 is 10.6 Å². The van der Waals surface area contributed by atoms with E-state index in [-0.39, 0.29) is 36.3 Å². The average molecular weight is 305 g/mol. The van der Waals surface area contributed by atoms with Gasteiger partial charge >= 0.3 is 0 Å². The molecule has 20 heavy (non-hydrogen) atoms. The number of carbonyl (C=O) groups is 1. The summed E-state index contributed by atoms with van der Waals surface area (Å²) in [6.45, 7) is 1.02. The van der Waals surface area contributed by atoms with Gasteiger partial charge in [0, 0.05) is 24.7 Å². The molecule has 0 bridgehead atoms. The lowest BCUT2D eigenvalue weighted by atomic mass is 10.0. The van der Waals surface area contributed by atoms with Gasteiger partial charge in [-0.1, -0.05) is 6.07 Å². The number of amides is 1. The van der Waals surface area contributed by atoms with Gasteiger partial charge in [-0.3, -0.25) is 4.79 Å². The second-order valence-electron chi connectivity index (χ2n) is 4.85. The van der Waals surface area contributed by atoms with Gasteiger partial charge in [-0.25, -0.2) is 8.78 Å². The third kappa shape index (κ3) is 3.67. The largest absolute Gasteiger partial charge is 0.338 e. The number of hydrogen-bond donors (Lipinski definition) is 1. The minimum atomic E-state index is -0.672. The zero-order valence-electron chi connectivity index (χ0n) is 11.1. The Morgan fingerprint density at radius 2 is 1.95 bits per heavy atom. The molecule has 2 rings (SSSR count). The van der Waals surface area contributed by atoms with Crippen molar-refractivity contribution in [1.29, 1.82) is 0 Å². The third-order valence-corrected chi connectivity index (χ3v) is 3.61. The Balaban J connectivity index is 0.00000200. The molecule has 0 radical (unpaired) electrons. The topological polar surface area (TPSA) is 46.3 Å². The van der Waals surface area contributed by atoms with E-state index in [4.69, 9.17) is 5.73 Å². The van der Waals surface area contributed by atoms with Crippen LogP contribution in [0.15, 0.2) is 18.2 Å². The fraction of sp³-hybridized carbons (Fsp3) is 0.500. The van der Waals surface area contributed by atoms with Crippen molar-refractivity contribution in [3.8, 4) is 0 Å². The van der Waals surface area contributed by atoms with Crippen LogP contribution >= 0.6 is 12.4 Å². The van der Waals surface area contributed by atoms with E-state index in [2.05, 4.69) is 0 Å². The number of rotatable bonds is 3. The van der Waals surface area contributed by atoms with Crippen molar-refractivity contribution in [1.82, 2.24) is 4.90 Å². The van der Waals surface area contributed by atoms with E-state index < -0.39 is 11.6 Å². The Hall–Kier alpha value is -1.20. The van der Waals surface area contributed by atoms with Gasteiger partial charge in [0.25, 0.3) is 0 Å². The van der Waals surface area contributed by atoms with Crippen LogP contribution < -0.4 is 5.73 Å². The summed E-state index contributed by atoms with van der Waals surface area (Å²) >= 11 is 0. The minimum absolute atomic E-state index is 0. The number of nitrogens with two attached hydrogens (primary N) is 1. The van der Waals surface area contributed by atoms with Crippen molar-refractivity contribution in [2.75, 3.05) is 13.1 Å². The summed E-state index contributed by atoms with van der Waals surface area (Å²) in [5, 5.41) is 0. The van der Waals surface area contributed by atoms with Crippen LogP contribution in [-0.4, -0.2) is 29.9 Å². The molecule has 1 aromatic rings. The van der Waals surface area contributed by atoms with Gasteiger partial charge in [-0.2, -0.15) is 0 Å². The fourth-order valence-corrected chi connectivity index (χ4v) is 2.53. The van der Waals surface area contributed by atoms with Gasteiger partial charge in [-0.15, -0.1) is 12.4 Å². The molecule has 1 saturated heterocycles. The van der Waals surface area contributed by atoms with Gasteiger partial charge in [0.2, 0.25) is 5.91 Å². The normalized spacial score (nSPS) is 18.6. The molecule has 1 atom stereocenters. The first kappa shape index (κ1) is 16.9. The summed E-state index contributed by atoms with van der Waals surface area (Å²) in [4.78, 5) is 13.8. The van der Waals surface area contributed by atoms with Crippen LogP contribution in [0.2, 0.25) is 0 Å². The molecule has 1 unspecified atom stereocenters. The number of likely N-dealkylation sites (tertiary alicyclic amines) is 1. The van der Waals surface area contributed by atoms with Crippen LogP contribution in [0.1, 0.15) is 24.8 Å². The minimum Gasteiger partial charge on any atom is -0.338 e. The van der Waals surface area contributed by atoms with E-state index in [1.807, 2.05) is 0 Å². The average Bonchev–Trinajstić information content (AvgIpc) is 2.42. The Morgan fingerprint density at radius 3 is 2.55 bits per heavy atom. The van der Waals surface area contributed by atoms with E-state index in [1.54, 1.807) is 4.90 Å². The van der Waals surface area contributed by atoms with Crippen LogP contribution in [0.3, 0.4) is 0 Å². The zero-order valence-corrected chi connectivity index (χ0v) is 12.0. The van der Waals surface area contributed by atoms with Gasteiger partial charge in [0.15, 0.2) is 0 Å². The lowest BCUT2D eigenvalue weighted by Crippen LogP contribution is -2.48. The van der Waals surface area contributed by atoms with E-state index in [0.29, 0.717) is 13.1 Å². The first-order valence-corrected chi connectivity index (χ1v) is 6.56. The number of nitrogens with zero attached hydrogens (tertiary/aromatic N) is 1. The molecule has 1 heterocycles. The van der Waals surface area contributed by atoms with Gasteiger partial charge in [-0.05, 0) is 31.4 Å². The van der Waals surface area contributed by atoms with E-state index in [0.717, 1.165) is 19.3 Å². The third-order valence-electron chi connectivity index (χ3n) is 3.61. The highest BCUT2D eigenvalue weighted by atomic mass is 35.5. The fourth-order valence-electron chi connectivity index (χ4n) is 2.53. The maximum Gasteiger partial charge on any atom is 0.227 e. The van der Waals surface area contributed by atoms with Crippen LogP contribution in [0.5, 0.6) is 0 Å². The second-order valence-corrected chi connectivity index (χ2v) is 4.85. The number of piperidine rings is 1. The molecule has 3 nitrogen and oxygen atoms in total. The molecule has 1 aliphatic heterocycles. The number of carbonyl (C=O) groups excluding carboxylic acids is 1. The first-order valence-electron chi connectivity index (χ1n) is 6.56. The van der Waals surface area contributed by atoms with Crippen molar-refractivity contribution in [2.24, 2.45) is 5.73 Å². The van der Waals surface area contributed by atoms with E-state index in [9.17, 15) is 13.6 Å². The molecule has 0 saturated carbocycles. The highest BCUT2D eigenvalue weighted by molar-refractivity contribution is 5.85. The van der Waals surface area contributed by atoms with Crippen LogP contribution in [0, 0.1) is 11.6 Å². The smallest absolute Gasteiger partial charge is 0.227 e. The lowest BCUT2D eigenvalue weighted by molar-refractivity contribution is -0.134. The molecule has 2 N–H and O–H groups in total. The summed E-state index contributed by atoms with van der Waals surface area (Å²) in [6.07, 6.45) is 2.58. The zero-order chi connectivity index (χ0) is 13.8. The molecule has 1 fully saturated rings. The summed E-state index contributed by atoms with van der Waals surface area (Å²) in [7, 11) is 0. The Morgan fingerprint density at radius 1 is 1.30 bits per heavy atom. The van der Waals surface area contributed by atoms with Crippen molar-refractivity contribution >= 4 is 18.3 Å². The van der Waals surface area contributed by atoms with Crippen LogP contribution in [0.4, 0.5) is 8.78 Å². The predicted molar refractivity (Wildman–Crippen MR) is 75.7 cm³/mol. The molecular formula is C14H19ClF2N2O. The van der Waals surface area contributed by atoms with Crippen LogP contribution in [-0.2, 0) is 11.2 Å². The standard InChI is InChI=1S/C14H18F2N2O.ClH/c15-12-5-3-6-13(16)11(12)8-14(19)18-7-2-1-4-10(18)9-17;/h3,5-6,10H,1-2,4,7-9,17H2;1H. The Labute approximate surface area is 123 Å². The highest BCUT2D eigenvalue weighted by Crippen LogP contribution is 2.19. The number of halogens is 3. The summed E-state index contributed by atoms with van der Waals surface area (Å²) in [6, 6.07) is 3.63. The molecule has 0 spiro atoms. The Bertz CT molecular complexity index is 450. The molecule has 112 valence electrons. The molecule has 1 aliphatic rings. The van der Waals surface area contributed by atoms with Crippen molar-refractivity contribution in [2.45, 2.75) is 31.7 Å². The molecular weight excluding hydrogens is 286 g/mol. The SMILES string of the molecule is Cl.NCC1CCCCN1C(=O)Cc1c(F)cccc1F. The summed E-state index contributed by atoms with van der Waals surface area (Å²) in [5.74, 6) is -1.59. The van der Waals surface area contributed by atoms with Crippen LogP contribution in [0.25, 0.3) is 0 Å². The van der Waals surface area contributed by atoms with Crippen molar-refractivity contribution in [3.05, 3.63) is 35.4 Å². The van der Waals surface area contributed by atoms with E-state index in [1.165, 1.54) is 18.2 Å². The highest BCUT2D eigenvalue weighted by Gasteiger charge is 2.26. The Kier molecular flexibility index (Phi) is 6.36. The first-order chi connectivity index (χ1) is 9.13. The molecule has 0 aliphatic carbocycles. The molecule has 6 heteroatoms. The van der Waals surface area contributed by atoms with Gasteiger partial charge in [0.05, 0.1) is 6.42 Å². The van der Waals surface area contributed by atoms with Crippen molar-refractivity contribution in [3.63, 3.8) is 0 Å². The maximum atomic E-state index is 13.5. The second kappa shape index (κ2) is 7.55. The summed E-state index contributed by atoms with van der Waals surface area (Å²) in [5.41, 5.74) is 5.48. The van der Waals surface area contributed by atoms with E-state index >= 15 is 0 Å². The number of benzene rings is 1. The molecule has 1 aromatic carbocycles. The van der Waals surface area contributed by atoms with Crippen molar-refractivity contribution < 1.29 is 13.6 Å². The predicted octanol–water partition coefficient (Wildman–Crippen LogP) is 2.27. The summed E-state index contributed by atoms with van der Waals surface area (Å²) < 4.78 is 27.0. The monoisotopic (exact) mass is 304 g/mol. The number of hydrogen-bond acceptors (Lipinski definition) is 2. The molecule has 1 amide bonds. The van der Waals surface area contributed by atoms with Gasteiger partial charge in [0.1, 0.15) is 11.6 Å². The maximum absolute atomic E-state index is 13.5.